The van der Waals surface area contributed by atoms with Gasteiger partial charge >= 0.3 is 0 Å². The number of carbonyl (C=O) groups excluding carboxylic acids is 1. The van der Waals surface area contributed by atoms with E-state index in [1.807, 2.05) is 42.5 Å². The van der Waals surface area contributed by atoms with Gasteiger partial charge in [-0.3, -0.25) is 4.79 Å². The fourth-order valence-electron chi connectivity index (χ4n) is 1.61. The van der Waals surface area contributed by atoms with Gasteiger partial charge in [0.1, 0.15) is 11.5 Å². The van der Waals surface area contributed by atoms with Crippen molar-refractivity contribution in [2.75, 3.05) is 0 Å². The smallest absolute Gasteiger partial charge is 0.166 e. The maximum Gasteiger partial charge on any atom is 0.166 e. The SMILES string of the molecule is C=CCC(=O)c1cccc(Oc2ccccc2)c1. The number of benzene rings is 2. The van der Waals surface area contributed by atoms with Crippen molar-refractivity contribution in [3.05, 3.63) is 72.8 Å². The minimum absolute atomic E-state index is 0.0449. The van der Waals surface area contributed by atoms with E-state index in [9.17, 15) is 4.79 Å². The molecule has 0 aliphatic rings. The van der Waals surface area contributed by atoms with Crippen molar-refractivity contribution in [1.29, 1.82) is 0 Å². The summed E-state index contributed by atoms with van der Waals surface area (Å²) in [5, 5.41) is 0. The second kappa shape index (κ2) is 5.82. The van der Waals surface area contributed by atoms with Gasteiger partial charge in [0.15, 0.2) is 5.78 Å². The lowest BCUT2D eigenvalue weighted by atomic mass is 10.1. The monoisotopic (exact) mass is 238 g/mol. The Labute approximate surface area is 107 Å². The van der Waals surface area contributed by atoms with Crippen molar-refractivity contribution in [2.24, 2.45) is 0 Å². The van der Waals surface area contributed by atoms with Gasteiger partial charge in [-0.25, -0.2) is 0 Å². The molecule has 0 radical (unpaired) electrons. The number of ketones is 1. The van der Waals surface area contributed by atoms with Crippen LogP contribution in [0, 0.1) is 0 Å². The quantitative estimate of drug-likeness (QED) is 0.575. The van der Waals surface area contributed by atoms with Crippen LogP contribution in [-0.2, 0) is 0 Å². The molecular formula is C16H14O2. The Morgan fingerprint density at radius 1 is 1.06 bits per heavy atom. The predicted octanol–water partition coefficient (Wildman–Crippen LogP) is 4.24. The van der Waals surface area contributed by atoms with Crippen molar-refractivity contribution in [3.8, 4) is 11.5 Å². The van der Waals surface area contributed by atoms with Gasteiger partial charge in [0, 0.05) is 12.0 Å². The molecule has 0 saturated heterocycles. The van der Waals surface area contributed by atoms with E-state index in [1.54, 1.807) is 18.2 Å². The van der Waals surface area contributed by atoms with Crippen LogP contribution in [0.3, 0.4) is 0 Å². The third-order valence-corrected chi connectivity index (χ3v) is 2.46. The second-order valence-electron chi connectivity index (χ2n) is 3.86. The number of hydrogen-bond donors (Lipinski definition) is 0. The predicted molar refractivity (Wildman–Crippen MR) is 72.1 cm³/mol. The molecule has 0 aromatic heterocycles. The summed E-state index contributed by atoms with van der Waals surface area (Å²) in [6, 6.07) is 16.7. The summed E-state index contributed by atoms with van der Waals surface area (Å²) >= 11 is 0. The Morgan fingerprint density at radius 3 is 2.50 bits per heavy atom. The van der Waals surface area contributed by atoms with Crippen LogP contribution in [0.2, 0.25) is 0 Å². The van der Waals surface area contributed by atoms with E-state index in [0.717, 1.165) is 5.75 Å². The summed E-state index contributed by atoms with van der Waals surface area (Å²) in [5.74, 6) is 1.46. The van der Waals surface area contributed by atoms with Gasteiger partial charge in [0.05, 0.1) is 0 Å². The fraction of sp³-hybridized carbons (Fsp3) is 0.0625. The first-order valence-electron chi connectivity index (χ1n) is 5.76. The molecule has 2 heteroatoms. The number of rotatable bonds is 5. The van der Waals surface area contributed by atoms with E-state index >= 15 is 0 Å². The highest BCUT2D eigenvalue weighted by molar-refractivity contribution is 5.97. The number of Topliss-reactive ketones (excluding diaryl/α,β-unsaturated/α-hetero) is 1. The highest BCUT2D eigenvalue weighted by Gasteiger charge is 2.05. The number of ether oxygens (including phenoxy) is 1. The first-order chi connectivity index (χ1) is 8.79. The van der Waals surface area contributed by atoms with Crippen LogP contribution in [-0.4, -0.2) is 5.78 Å². The lowest BCUT2D eigenvalue weighted by molar-refractivity contribution is 0.0995. The van der Waals surface area contributed by atoms with E-state index < -0.39 is 0 Å². The third-order valence-electron chi connectivity index (χ3n) is 2.46. The molecule has 0 unspecified atom stereocenters. The molecule has 0 aliphatic carbocycles. The Balaban J connectivity index is 2.17. The molecule has 0 bridgehead atoms. The van der Waals surface area contributed by atoms with Gasteiger partial charge in [0.25, 0.3) is 0 Å². The molecule has 0 spiro atoms. The zero-order chi connectivity index (χ0) is 12.8. The average molecular weight is 238 g/mol. The summed E-state index contributed by atoms with van der Waals surface area (Å²) in [6.07, 6.45) is 1.95. The van der Waals surface area contributed by atoms with Crippen molar-refractivity contribution in [3.63, 3.8) is 0 Å². The normalized spacial score (nSPS) is 9.78. The number of para-hydroxylation sites is 1. The molecule has 2 rings (SSSR count). The van der Waals surface area contributed by atoms with E-state index in [-0.39, 0.29) is 5.78 Å². The Morgan fingerprint density at radius 2 is 1.78 bits per heavy atom. The molecule has 2 aromatic carbocycles. The van der Waals surface area contributed by atoms with Crippen LogP contribution in [0.5, 0.6) is 11.5 Å². The maximum atomic E-state index is 11.7. The topological polar surface area (TPSA) is 26.3 Å². The molecule has 0 fully saturated rings. The molecule has 18 heavy (non-hydrogen) atoms. The number of allylic oxidation sites excluding steroid dienone is 1. The standard InChI is InChI=1S/C16H14O2/c1-2-7-16(17)13-8-6-11-15(12-13)18-14-9-4-3-5-10-14/h2-6,8-12H,1,7H2. The van der Waals surface area contributed by atoms with Crippen molar-refractivity contribution in [2.45, 2.75) is 6.42 Å². The fourth-order valence-corrected chi connectivity index (χ4v) is 1.61. The van der Waals surface area contributed by atoms with E-state index in [1.165, 1.54) is 0 Å². The van der Waals surface area contributed by atoms with Gasteiger partial charge in [-0.15, -0.1) is 6.58 Å². The molecule has 0 saturated carbocycles. The molecule has 0 heterocycles. The minimum atomic E-state index is 0.0449. The van der Waals surface area contributed by atoms with Crippen LogP contribution >= 0.6 is 0 Å². The van der Waals surface area contributed by atoms with E-state index in [0.29, 0.717) is 17.7 Å². The van der Waals surface area contributed by atoms with Crippen LogP contribution in [0.1, 0.15) is 16.8 Å². The first kappa shape index (κ1) is 12.1. The highest BCUT2D eigenvalue weighted by Crippen LogP contribution is 2.22. The van der Waals surface area contributed by atoms with Crippen molar-refractivity contribution < 1.29 is 9.53 Å². The lowest BCUT2D eigenvalue weighted by Gasteiger charge is -2.06. The van der Waals surface area contributed by atoms with E-state index in [4.69, 9.17) is 4.74 Å². The summed E-state index contributed by atoms with van der Waals surface area (Å²) < 4.78 is 5.67. The summed E-state index contributed by atoms with van der Waals surface area (Å²) in [7, 11) is 0. The zero-order valence-electron chi connectivity index (χ0n) is 10.0. The molecular weight excluding hydrogens is 224 g/mol. The molecule has 90 valence electrons. The molecule has 0 aliphatic heterocycles. The van der Waals surface area contributed by atoms with Crippen LogP contribution in [0.25, 0.3) is 0 Å². The summed E-state index contributed by atoms with van der Waals surface area (Å²) in [6.45, 7) is 3.56. The van der Waals surface area contributed by atoms with Crippen LogP contribution in [0.15, 0.2) is 67.3 Å². The lowest BCUT2D eigenvalue weighted by Crippen LogP contribution is -1.97. The highest BCUT2D eigenvalue weighted by atomic mass is 16.5. The second-order valence-corrected chi connectivity index (χ2v) is 3.86. The number of hydrogen-bond acceptors (Lipinski definition) is 2. The molecule has 2 aromatic rings. The molecule has 0 atom stereocenters. The first-order valence-corrected chi connectivity index (χ1v) is 5.76. The van der Waals surface area contributed by atoms with Crippen LogP contribution < -0.4 is 4.74 Å². The third kappa shape index (κ3) is 3.08. The molecule has 0 N–H and O–H groups in total. The average Bonchev–Trinajstić information content (AvgIpc) is 2.40. The molecule has 0 amide bonds. The van der Waals surface area contributed by atoms with Gasteiger partial charge in [0.2, 0.25) is 0 Å². The Hall–Kier alpha value is -2.35. The van der Waals surface area contributed by atoms with Crippen molar-refractivity contribution in [1.82, 2.24) is 0 Å². The molecule has 2 nitrogen and oxygen atoms in total. The minimum Gasteiger partial charge on any atom is -0.457 e. The Bertz CT molecular complexity index is 544. The zero-order valence-corrected chi connectivity index (χ0v) is 10.0. The van der Waals surface area contributed by atoms with Crippen molar-refractivity contribution >= 4 is 5.78 Å². The van der Waals surface area contributed by atoms with Crippen LogP contribution in [0.4, 0.5) is 0 Å². The number of carbonyl (C=O) groups is 1. The van der Waals surface area contributed by atoms with Gasteiger partial charge in [-0.1, -0.05) is 36.4 Å². The van der Waals surface area contributed by atoms with Gasteiger partial charge in [-0.05, 0) is 24.3 Å². The summed E-state index contributed by atoms with van der Waals surface area (Å²) in [5.41, 5.74) is 0.642. The maximum absolute atomic E-state index is 11.7. The van der Waals surface area contributed by atoms with Gasteiger partial charge < -0.3 is 4.74 Å². The van der Waals surface area contributed by atoms with E-state index in [2.05, 4.69) is 6.58 Å². The largest absolute Gasteiger partial charge is 0.457 e. The van der Waals surface area contributed by atoms with Gasteiger partial charge in [-0.2, -0.15) is 0 Å². The Kier molecular flexibility index (Phi) is 3.92. The summed E-state index contributed by atoms with van der Waals surface area (Å²) in [4.78, 5) is 11.7.